The number of benzene rings is 3. The Balaban J connectivity index is 1.51. The Hall–Kier alpha value is -3.38. The molecule has 1 amide bonds. The van der Waals surface area contributed by atoms with E-state index in [9.17, 15) is 4.79 Å². The van der Waals surface area contributed by atoms with Crippen LogP contribution in [0.5, 0.6) is 5.75 Å². The number of nitrogens with zero attached hydrogens (tertiary/aromatic N) is 3. The van der Waals surface area contributed by atoms with E-state index in [1.165, 1.54) is 0 Å². The molecule has 0 saturated heterocycles. The maximum Gasteiger partial charge on any atom is 0.255 e. The first-order chi connectivity index (χ1) is 15.0. The van der Waals surface area contributed by atoms with Gasteiger partial charge in [0.25, 0.3) is 5.91 Å². The molecule has 4 aromatic rings. The Morgan fingerprint density at radius 2 is 1.71 bits per heavy atom. The van der Waals surface area contributed by atoms with Gasteiger partial charge >= 0.3 is 0 Å². The lowest BCUT2D eigenvalue weighted by Crippen LogP contribution is -2.12. The van der Waals surface area contributed by atoms with E-state index in [0.717, 1.165) is 35.4 Å². The highest BCUT2D eigenvalue weighted by Crippen LogP contribution is 2.23. The van der Waals surface area contributed by atoms with Gasteiger partial charge in [-0.25, -0.2) is 0 Å². The van der Waals surface area contributed by atoms with Crippen LogP contribution in [0.2, 0.25) is 5.02 Å². The van der Waals surface area contributed by atoms with Crippen LogP contribution in [0.3, 0.4) is 0 Å². The van der Waals surface area contributed by atoms with Gasteiger partial charge in [-0.05, 0) is 79.6 Å². The van der Waals surface area contributed by atoms with Gasteiger partial charge in [-0.2, -0.15) is 4.80 Å². The largest absolute Gasteiger partial charge is 0.494 e. The molecule has 31 heavy (non-hydrogen) atoms. The summed E-state index contributed by atoms with van der Waals surface area (Å²) in [5.41, 5.74) is 4.42. The number of carbonyl (C=O) groups excluding carboxylic acids is 1. The highest BCUT2D eigenvalue weighted by Gasteiger charge is 2.12. The molecule has 0 aliphatic carbocycles. The van der Waals surface area contributed by atoms with Crippen molar-refractivity contribution in [3.63, 3.8) is 0 Å². The Labute approximate surface area is 185 Å². The van der Waals surface area contributed by atoms with Crippen LogP contribution in [-0.2, 0) is 0 Å². The molecule has 158 valence electrons. The fourth-order valence-corrected chi connectivity index (χ4v) is 3.25. The van der Waals surface area contributed by atoms with Crippen LogP contribution in [0.25, 0.3) is 16.7 Å². The molecule has 1 aromatic heterocycles. The molecule has 0 unspecified atom stereocenters. The van der Waals surface area contributed by atoms with E-state index in [1.54, 1.807) is 29.1 Å². The summed E-state index contributed by atoms with van der Waals surface area (Å²) in [6, 6.07) is 18.2. The number of unbranched alkanes of at least 4 members (excludes halogenated alkanes) is 1. The van der Waals surface area contributed by atoms with Crippen LogP contribution in [0, 0.1) is 6.92 Å². The third-order valence-electron chi connectivity index (χ3n) is 4.92. The van der Waals surface area contributed by atoms with Crippen LogP contribution in [0.1, 0.15) is 35.7 Å². The molecule has 0 saturated carbocycles. The molecule has 0 spiro atoms. The zero-order valence-electron chi connectivity index (χ0n) is 17.4. The molecule has 7 heteroatoms. The zero-order valence-corrected chi connectivity index (χ0v) is 18.2. The van der Waals surface area contributed by atoms with Gasteiger partial charge < -0.3 is 10.1 Å². The standard InChI is InChI=1S/C24H23ClN4O2/c1-3-4-13-31-20-11-5-17(6-12-20)24(30)26-21-15-23-22(14-16(21)2)27-29(28-23)19-9-7-18(25)8-10-19/h5-12,14-15H,3-4,13H2,1-2H3,(H,26,30). The lowest BCUT2D eigenvalue weighted by atomic mass is 10.1. The number of hydrogen-bond donors (Lipinski definition) is 1. The van der Waals surface area contributed by atoms with Crippen LogP contribution in [0.4, 0.5) is 5.69 Å². The summed E-state index contributed by atoms with van der Waals surface area (Å²) in [7, 11) is 0. The van der Waals surface area contributed by atoms with Gasteiger partial charge in [0, 0.05) is 16.3 Å². The van der Waals surface area contributed by atoms with Crippen molar-refractivity contribution in [3.8, 4) is 11.4 Å². The number of fused-ring (bicyclic) bond motifs is 1. The lowest BCUT2D eigenvalue weighted by Gasteiger charge is -2.09. The number of carbonyl (C=O) groups is 1. The maximum atomic E-state index is 12.7. The number of nitrogens with one attached hydrogen (secondary N) is 1. The minimum Gasteiger partial charge on any atom is -0.494 e. The molecule has 0 radical (unpaired) electrons. The fourth-order valence-electron chi connectivity index (χ4n) is 3.12. The van der Waals surface area contributed by atoms with E-state index >= 15 is 0 Å². The second-order valence-electron chi connectivity index (χ2n) is 7.30. The second kappa shape index (κ2) is 9.18. The number of ether oxygens (including phenoxy) is 1. The molecule has 1 N–H and O–H groups in total. The smallest absolute Gasteiger partial charge is 0.255 e. The van der Waals surface area contributed by atoms with Gasteiger partial charge in [-0.1, -0.05) is 24.9 Å². The Morgan fingerprint density at radius 1 is 1.03 bits per heavy atom. The van der Waals surface area contributed by atoms with Crippen LogP contribution >= 0.6 is 11.6 Å². The molecule has 0 atom stereocenters. The molecular formula is C24H23ClN4O2. The average molecular weight is 435 g/mol. The Morgan fingerprint density at radius 3 is 2.39 bits per heavy atom. The quantitative estimate of drug-likeness (QED) is 0.372. The number of aryl methyl sites for hydroxylation is 1. The van der Waals surface area contributed by atoms with Crippen LogP contribution in [0.15, 0.2) is 60.7 Å². The first-order valence-electron chi connectivity index (χ1n) is 10.2. The normalized spacial score (nSPS) is 10.9. The van der Waals surface area contributed by atoms with Gasteiger partial charge in [-0.3, -0.25) is 4.79 Å². The Kier molecular flexibility index (Phi) is 6.18. The first-order valence-corrected chi connectivity index (χ1v) is 10.6. The van der Waals surface area contributed by atoms with Crippen molar-refractivity contribution in [1.82, 2.24) is 15.0 Å². The van der Waals surface area contributed by atoms with E-state index in [2.05, 4.69) is 22.4 Å². The molecule has 6 nitrogen and oxygen atoms in total. The molecule has 0 aliphatic rings. The van der Waals surface area contributed by atoms with Gasteiger partial charge in [0.05, 0.1) is 12.3 Å². The summed E-state index contributed by atoms with van der Waals surface area (Å²) in [6.45, 7) is 4.73. The first kappa shape index (κ1) is 20.9. The Bertz CT molecular complexity index is 1200. The second-order valence-corrected chi connectivity index (χ2v) is 7.74. The van der Waals surface area contributed by atoms with Gasteiger partial charge in [0.2, 0.25) is 0 Å². The van der Waals surface area contributed by atoms with E-state index in [-0.39, 0.29) is 5.91 Å². The van der Waals surface area contributed by atoms with Gasteiger partial charge in [0.15, 0.2) is 0 Å². The van der Waals surface area contributed by atoms with E-state index in [4.69, 9.17) is 16.3 Å². The summed E-state index contributed by atoms with van der Waals surface area (Å²) in [5, 5.41) is 12.7. The van der Waals surface area contributed by atoms with E-state index < -0.39 is 0 Å². The number of anilines is 1. The molecule has 0 bridgehead atoms. The van der Waals surface area contributed by atoms with Crippen molar-refractivity contribution in [2.24, 2.45) is 0 Å². The lowest BCUT2D eigenvalue weighted by molar-refractivity contribution is 0.102. The van der Waals surface area contributed by atoms with E-state index in [0.29, 0.717) is 28.4 Å². The van der Waals surface area contributed by atoms with Crippen molar-refractivity contribution in [2.75, 3.05) is 11.9 Å². The molecule has 3 aromatic carbocycles. The minimum atomic E-state index is -0.187. The number of hydrogen-bond acceptors (Lipinski definition) is 4. The summed E-state index contributed by atoms with van der Waals surface area (Å²) in [6.07, 6.45) is 2.09. The number of rotatable bonds is 7. The predicted octanol–water partition coefficient (Wildman–Crippen LogP) is 5.81. The molecule has 0 fully saturated rings. The summed E-state index contributed by atoms with van der Waals surface area (Å²) >= 11 is 5.96. The van der Waals surface area contributed by atoms with Crippen molar-refractivity contribution < 1.29 is 9.53 Å². The monoisotopic (exact) mass is 434 g/mol. The topological polar surface area (TPSA) is 69.0 Å². The highest BCUT2D eigenvalue weighted by atomic mass is 35.5. The highest BCUT2D eigenvalue weighted by molar-refractivity contribution is 6.30. The van der Waals surface area contributed by atoms with Crippen molar-refractivity contribution in [3.05, 3.63) is 76.8 Å². The number of amides is 1. The third-order valence-corrected chi connectivity index (χ3v) is 5.17. The summed E-state index contributed by atoms with van der Waals surface area (Å²) in [5.74, 6) is 0.578. The summed E-state index contributed by atoms with van der Waals surface area (Å²) in [4.78, 5) is 14.3. The van der Waals surface area contributed by atoms with E-state index in [1.807, 2.05) is 43.3 Å². The van der Waals surface area contributed by atoms with Crippen molar-refractivity contribution >= 4 is 34.2 Å². The van der Waals surface area contributed by atoms with Gasteiger partial charge in [-0.15, -0.1) is 10.2 Å². The van der Waals surface area contributed by atoms with Gasteiger partial charge in [0.1, 0.15) is 16.8 Å². The summed E-state index contributed by atoms with van der Waals surface area (Å²) < 4.78 is 5.66. The van der Waals surface area contributed by atoms with Crippen molar-refractivity contribution in [2.45, 2.75) is 26.7 Å². The third kappa shape index (κ3) is 4.86. The zero-order chi connectivity index (χ0) is 21.8. The average Bonchev–Trinajstić information content (AvgIpc) is 3.17. The predicted molar refractivity (Wildman–Crippen MR) is 123 cm³/mol. The SMILES string of the molecule is CCCCOc1ccc(C(=O)Nc2cc3nn(-c4ccc(Cl)cc4)nc3cc2C)cc1. The molecule has 0 aliphatic heterocycles. The number of halogens is 1. The maximum absolute atomic E-state index is 12.7. The van der Waals surface area contributed by atoms with Crippen LogP contribution < -0.4 is 10.1 Å². The van der Waals surface area contributed by atoms with Crippen molar-refractivity contribution in [1.29, 1.82) is 0 Å². The number of aromatic nitrogens is 3. The molecule has 4 rings (SSSR count). The molecular weight excluding hydrogens is 412 g/mol. The minimum absolute atomic E-state index is 0.187. The van der Waals surface area contributed by atoms with Crippen LogP contribution in [-0.4, -0.2) is 27.5 Å². The fraction of sp³-hybridized carbons (Fsp3) is 0.208. The molecule has 1 heterocycles.